The summed E-state index contributed by atoms with van der Waals surface area (Å²) in [5.41, 5.74) is 2.75. The highest BCUT2D eigenvalue weighted by Crippen LogP contribution is 2.32. The Morgan fingerprint density at radius 3 is 2.87 bits per heavy atom. The van der Waals surface area contributed by atoms with Crippen molar-refractivity contribution in [3.63, 3.8) is 0 Å². The number of hydrogen-bond donors (Lipinski definition) is 2. The number of hydrogen-bond acceptors (Lipinski definition) is 7. The van der Waals surface area contributed by atoms with Gasteiger partial charge in [0, 0.05) is 23.5 Å². The zero-order chi connectivity index (χ0) is 21.8. The number of aliphatic carboxylic acids is 1. The smallest absolute Gasteiger partial charge is 0.328 e. The summed E-state index contributed by atoms with van der Waals surface area (Å²) in [5, 5.41) is 21.7. The highest BCUT2D eigenvalue weighted by molar-refractivity contribution is 6.31. The molecular formula is C21H16ClFN6O2. The molecule has 0 aliphatic carbocycles. The van der Waals surface area contributed by atoms with E-state index in [1.165, 1.54) is 24.3 Å². The molecule has 0 bridgehead atoms. The number of carboxylic acids is 1. The molecule has 0 radical (unpaired) electrons. The normalized spacial score (nSPS) is 13.2. The average molecular weight is 439 g/mol. The van der Waals surface area contributed by atoms with Crippen molar-refractivity contribution in [2.24, 2.45) is 10.3 Å². The van der Waals surface area contributed by atoms with Crippen molar-refractivity contribution < 1.29 is 14.3 Å². The predicted octanol–water partition coefficient (Wildman–Crippen LogP) is 4.96. The van der Waals surface area contributed by atoms with Crippen LogP contribution in [0.3, 0.4) is 0 Å². The van der Waals surface area contributed by atoms with E-state index in [0.29, 0.717) is 30.2 Å². The molecule has 3 aromatic rings. The van der Waals surface area contributed by atoms with Crippen molar-refractivity contribution in [3.8, 4) is 11.1 Å². The van der Waals surface area contributed by atoms with E-state index in [9.17, 15) is 9.18 Å². The minimum Gasteiger partial charge on any atom is -0.478 e. The Balaban J connectivity index is 1.71. The van der Waals surface area contributed by atoms with Gasteiger partial charge < -0.3 is 10.4 Å². The summed E-state index contributed by atoms with van der Waals surface area (Å²) in [6, 6.07) is 11.6. The quantitative estimate of drug-likeness (QED) is 0.527. The van der Waals surface area contributed by atoms with Gasteiger partial charge in [-0.15, -0.1) is 0 Å². The van der Waals surface area contributed by atoms with Gasteiger partial charge >= 0.3 is 5.97 Å². The number of anilines is 3. The van der Waals surface area contributed by atoms with Crippen LogP contribution in [0.15, 0.2) is 65.1 Å². The van der Waals surface area contributed by atoms with Gasteiger partial charge in [-0.2, -0.15) is 10.1 Å². The monoisotopic (exact) mass is 438 g/mol. The number of carboxylic acid groups (broad SMARTS) is 1. The molecule has 156 valence electrons. The van der Waals surface area contributed by atoms with Gasteiger partial charge in [0.2, 0.25) is 5.95 Å². The van der Waals surface area contributed by atoms with E-state index >= 15 is 0 Å². The largest absolute Gasteiger partial charge is 0.478 e. The fourth-order valence-electron chi connectivity index (χ4n) is 2.97. The molecule has 0 atom stereocenters. The molecule has 0 unspecified atom stereocenters. The van der Waals surface area contributed by atoms with Crippen LogP contribution in [0.4, 0.5) is 21.8 Å². The molecule has 1 aliphatic heterocycles. The second-order valence-electron chi connectivity index (χ2n) is 6.56. The number of nitrogens with one attached hydrogen (secondary N) is 1. The maximum absolute atomic E-state index is 13.4. The third kappa shape index (κ3) is 4.84. The Morgan fingerprint density at radius 2 is 2.13 bits per heavy atom. The Labute approximate surface area is 181 Å². The number of nitrogens with zero attached hydrogens (tertiary/aromatic N) is 5. The Hall–Kier alpha value is -3.85. The molecule has 0 saturated heterocycles. The predicted molar refractivity (Wildman–Crippen MR) is 116 cm³/mol. The minimum absolute atomic E-state index is 0.0126. The second-order valence-corrected chi connectivity index (χ2v) is 6.97. The first-order valence-electron chi connectivity index (χ1n) is 9.25. The zero-order valence-corrected chi connectivity index (χ0v) is 16.8. The first-order valence-corrected chi connectivity index (χ1v) is 9.63. The summed E-state index contributed by atoms with van der Waals surface area (Å²) in [5.74, 6) is -0.724. The molecule has 8 nitrogen and oxygen atoms in total. The summed E-state index contributed by atoms with van der Waals surface area (Å²) >= 11 is 5.85. The van der Waals surface area contributed by atoms with E-state index in [1.807, 2.05) is 18.2 Å². The highest BCUT2D eigenvalue weighted by Gasteiger charge is 2.19. The van der Waals surface area contributed by atoms with Gasteiger partial charge in [0.05, 0.1) is 18.1 Å². The summed E-state index contributed by atoms with van der Waals surface area (Å²) in [6.45, 7) is 1.10. The lowest BCUT2D eigenvalue weighted by Gasteiger charge is -2.17. The number of aromatic nitrogens is 2. The van der Waals surface area contributed by atoms with E-state index in [4.69, 9.17) is 16.7 Å². The number of halogens is 2. The van der Waals surface area contributed by atoms with E-state index in [-0.39, 0.29) is 11.0 Å². The van der Waals surface area contributed by atoms with Gasteiger partial charge in [0.15, 0.2) is 5.82 Å². The molecule has 1 aliphatic rings. The SMILES string of the molecule is O=C(O)C=Cc1cccc(-c2cnc(Nc3ccc(F)c(Cl)c3)nc2N2CCN=N2)c1. The summed E-state index contributed by atoms with van der Waals surface area (Å²) in [6.07, 6.45) is 4.23. The Bertz CT molecular complexity index is 1200. The van der Waals surface area contributed by atoms with Gasteiger partial charge in [-0.3, -0.25) is 0 Å². The maximum Gasteiger partial charge on any atom is 0.328 e. The lowest BCUT2D eigenvalue weighted by molar-refractivity contribution is -0.131. The van der Waals surface area contributed by atoms with Crippen LogP contribution in [-0.4, -0.2) is 34.1 Å². The van der Waals surface area contributed by atoms with E-state index < -0.39 is 11.8 Å². The first kappa shape index (κ1) is 20.4. The van der Waals surface area contributed by atoms with Crippen LogP contribution in [0.5, 0.6) is 0 Å². The summed E-state index contributed by atoms with van der Waals surface area (Å²) in [4.78, 5) is 19.8. The molecule has 0 fully saturated rings. The fraction of sp³-hybridized carbons (Fsp3) is 0.0952. The highest BCUT2D eigenvalue weighted by atomic mass is 35.5. The molecule has 0 saturated carbocycles. The van der Waals surface area contributed by atoms with Crippen LogP contribution < -0.4 is 10.3 Å². The van der Waals surface area contributed by atoms with Crippen molar-refractivity contribution in [1.29, 1.82) is 0 Å². The lowest BCUT2D eigenvalue weighted by atomic mass is 10.0. The molecule has 0 spiro atoms. The molecule has 10 heteroatoms. The Kier molecular flexibility index (Phi) is 5.85. The lowest BCUT2D eigenvalue weighted by Crippen LogP contribution is -2.17. The van der Waals surface area contributed by atoms with Crippen LogP contribution >= 0.6 is 11.6 Å². The molecule has 2 N–H and O–H groups in total. The Morgan fingerprint density at radius 1 is 1.26 bits per heavy atom. The number of benzene rings is 2. The molecule has 1 aromatic heterocycles. The second kappa shape index (κ2) is 8.88. The van der Waals surface area contributed by atoms with Crippen LogP contribution in [0.1, 0.15) is 5.56 Å². The molecule has 2 aromatic carbocycles. The fourth-order valence-corrected chi connectivity index (χ4v) is 3.15. The van der Waals surface area contributed by atoms with Crippen LogP contribution in [0.25, 0.3) is 17.2 Å². The van der Waals surface area contributed by atoms with Crippen LogP contribution in [0.2, 0.25) is 5.02 Å². The van der Waals surface area contributed by atoms with Crippen molar-refractivity contribution in [2.75, 3.05) is 23.4 Å². The number of carbonyl (C=O) groups is 1. The van der Waals surface area contributed by atoms with E-state index in [0.717, 1.165) is 17.2 Å². The molecule has 31 heavy (non-hydrogen) atoms. The van der Waals surface area contributed by atoms with Crippen LogP contribution in [-0.2, 0) is 4.79 Å². The van der Waals surface area contributed by atoms with E-state index in [2.05, 4.69) is 25.6 Å². The third-order valence-electron chi connectivity index (χ3n) is 4.39. The van der Waals surface area contributed by atoms with Gasteiger partial charge in [-0.05, 0) is 41.5 Å². The average Bonchev–Trinajstić information content (AvgIpc) is 3.30. The maximum atomic E-state index is 13.4. The molecule has 0 amide bonds. The zero-order valence-electron chi connectivity index (χ0n) is 16.0. The van der Waals surface area contributed by atoms with Gasteiger partial charge in [-0.25, -0.2) is 19.2 Å². The standard InChI is InChI=1S/C21H16ClFN6O2/c22-17-11-15(5-6-18(17)23)26-21-24-12-16(20(27-21)29-9-8-25-28-29)14-3-1-2-13(10-14)4-7-19(30)31/h1-7,10-12H,8-9H2,(H,30,31)(H,24,26,27). The third-order valence-corrected chi connectivity index (χ3v) is 4.68. The van der Waals surface area contributed by atoms with Crippen molar-refractivity contribution in [1.82, 2.24) is 9.97 Å². The van der Waals surface area contributed by atoms with Gasteiger partial charge in [0.25, 0.3) is 0 Å². The summed E-state index contributed by atoms with van der Waals surface area (Å²) < 4.78 is 13.4. The summed E-state index contributed by atoms with van der Waals surface area (Å²) in [7, 11) is 0. The van der Waals surface area contributed by atoms with E-state index in [1.54, 1.807) is 17.3 Å². The minimum atomic E-state index is -1.02. The number of rotatable bonds is 6. The first-order chi connectivity index (χ1) is 15.0. The topological polar surface area (TPSA) is 103 Å². The van der Waals surface area contributed by atoms with Crippen molar-refractivity contribution >= 4 is 41.1 Å². The van der Waals surface area contributed by atoms with Gasteiger partial charge in [-0.1, -0.05) is 35.0 Å². The molecule has 2 heterocycles. The van der Waals surface area contributed by atoms with Crippen molar-refractivity contribution in [2.45, 2.75) is 0 Å². The molecular weight excluding hydrogens is 423 g/mol. The molecule has 4 rings (SSSR count). The van der Waals surface area contributed by atoms with Crippen molar-refractivity contribution in [3.05, 3.63) is 71.1 Å². The van der Waals surface area contributed by atoms with Gasteiger partial charge in [0.1, 0.15) is 5.82 Å². The van der Waals surface area contributed by atoms with Crippen LogP contribution in [0, 0.1) is 5.82 Å².